The van der Waals surface area contributed by atoms with E-state index in [9.17, 15) is 19.8 Å². The summed E-state index contributed by atoms with van der Waals surface area (Å²) >= 11 is 19.4. The minimum absolute atomic E-state index is 0. The van der Waals surface area contributed by atoms with E-state index in [0.29, 0.717) is 0 Å². The molecule has 0 unspecified atom stereocenters. The topological polar surface area (TPSA) is 80.3 Å². The second-order valence-electron chi connectivity index (χ2n) is 1.49. The van der Waals surface area contributed by atoms with Crippen LogP contribution in [0.5, 0.6) is 0 Å². The molecule has 0 radical (unpaired) electrons. The van der Waals surface area contributed by atoms with Crippen molar-refractivity contribution in [2.24, 2.45) is 0 Å². The maximum Gasteiger partial charge on any atom is 2.00 e. The molecule has 0 rings (SSSR count). The number of carboxylic acids is 2. The molecule has 0 atom stereocenters. The van der Waals surface area contributed by atoms with Crippen molar-refractivity contribution in [2.75, 3.05) is 0 Å². The van der Waals surface area contributed by atoms with Gasteiger partial charge < -0.3 is 19.8 Å². The Morgan fingerprint density at radius 1 is 0.867 bits per heavy atom. The first-order chi connectivity index (χ1) is 6.36. The average Bonchev–Trinajstić information content (AvgIpc) is 2.15. The molecule has 0 aliphatic heterocycles. The summed E-state index contributed by atoms with van der Waals surface area (Å²) in [6.45, 7) is 0. The monoisotopic (exact) mass is 392 g/mol. The summed E-state index contributed by atoms with van der Waals surface area (Å²) in [4.78, 5) is 19.1. The molecule has 15 heavy (non-hydrogen) atoms. The largest absolute Gasteiger partial charge is 2.00 e. The first-order valence-corrected chi connectivity index (χ1v) is 4.34. The summed E-state index contributed by atoms with van der Waals surface area (Å²) in [5.74, 6) is -2.92. The minimum atomic E-state index is -1.46. The molecule has 0 amide bonds. The van der Waals surface area contributed by atoms with Crippen LogP contribution in [0.1, 0.15) is 0 Å². The van der Waals surface area contributed by atoms with E-state index in [1.54, 1.807) is 0 Å². The van der Waals surface area contributed by atoms with Crippen molar-refractivity contribution in [1.82, 2.24) is 0 Å². The molecular formula is C6H2CdCl4O4. The van der Waals surface area contributed by atoms with Crippen LogP contribution in [0.4, 0.5) is 0 Å². The zero-order valence-electron chi connectivity index (χ0n) is 7.01. The molecule has 0 heterocycles. The van der Waals surface area contributed by atoms with Crippen molar-refractivity contribution in [2.45, 2.75) is 0 Å². The molecule has 0 fully saturated rings. The summed E-state index contributed by atoms with van der Waals surface area (Å²) in [5, 5.41) is 18.1. The smallest absolute Gasteiger partial charge is 0.544 e. The van der Waals surface area contributed by atoms with Gasteiger partial charge in [0.25, 0.3) is 0 Å². The molecule has 0 aliphatic carbocycles. The number of aliphatic carboxylic acids is 2. The van der Waals surface area contributed by atoms with E-state index in [2.05, 4.69) is 0 Å². The minimum Gasteiger partial charge on any atom is -0.544 e. The third-order valence-corrected chi connectivity index (χ3v) is 1.77. The van der Waals surface area contributed by atoms with E-state index >= 15 is 0 Å². The Morgan fingerprint density at radius 3 is 1.07 bits per heavy atom. The predicted molar refractivity (Wildman–Crippen MR) is 49.6 cm³/mol. The molecule has 0 aromatic carbocycles. The van der Waals surface area contributed by atoms with Crippen molar-refractivity contribution in [1.29, 1.82) is 0 Å². The summed E-state index contributed by atoms with van der Waals surface area (Å²) in [7, 11) is 0. The molecule has 0 saturated carbocycles. The average molecular weight is 392 g/mol. The normalized spacial score (nSPS) is 10.7. The van der Waals surface area contributed by atoms with Gasteiger partial charge in [0.1, 0.15) is 0 Å². The Balaban J connectivity index is -0.000000180. The van der Waals surface area contributed by atoms with Crippen LogP contribution in [0.25, 0.3) is 0 Å². The molecule has 0 spiro atoms. The molecule has 0 saturated heterocycles. The number of hydrogen-bond acceptors (Lipinski definition) is 4. The maximum absolute atomic E-state index is 9.53. The second-order valence-corrected chi connectivity index (χ2v) is 2.74. The van der Waals surface area contributed by atoms with Crippen LogP contribution >= 0.6 is 46.4 Å². The van der Waals surface area contributed by atoms with Crippen molar-refractivity contribution >= 4 is 58.3 Å². The molecule has 9 heteroatoms. The maximum atomic E-state index is 9.53. The van der Waals surface area contributed by atoms with Gasteiger partial charge in [-0.3, -0.25) is 0 Å². The number of carbonyl (C=O) groups is 2. The van der Waals surface area contributed by atoms with E-state index in [1.165, 1.54) is 0 Å². The first kappa shape index (κ1) is 20.9. The fourth-order valence-electron chi connectivity index (χ4n) is 0.0891. The second kappa shape index (κ2) is 12.6. The Bertz CT molecular complexity index is 248. The predicted octanol–water partition coefficient (Wildman–Crippen LogP) is 0.108. The summed E-state index contributed by atoms with van der Waals surface area (Å²) in [6, 6.07) is 0. The molecule has 0 bridgehead atoms. The van der Waals surface area contributed by atoms with E-state index in [-0.39, 0.29) is 27.3 Å². The Morgan fingerprint density at radius 2 is 1.07 bits per heavy atom. The summed E-state index contributed by atoms with van der Waals surface area (Å²) < 4.78 is 0. The van der Waals surface area contributed by atoms with Gasteiger partial charge in [-0.1, -0.05) is 46.4 Å². The van der Waals surface area contributed by atoms with Gasteiger partial charge in [-0.25, -0.2) is 0 Å². The third kappa shape index (κ3) is 14.5. The van der Waals surface area contributed by atoms with Gasteiger partial charge in [-0.2, -0.15) is 0 Å². The van der Waals surface area contributed by atoms with Crippen LogP contribution in [0.3, 0.4) is 0 Å². The van der Waals surface area contributed by atoms with E-state index in [0.717, 1.165) is 11.1 Å². The van der Waals surface area contributed by atoms with Crippen LogP contribution in [0.2, 0.25) is 0 Å². The van der Waals surface area contributed by atoms with E-state index < -0.39 is 22.0 Å². The fraction of sp³-hybridized carbons (Fsp3) is 0. The summed E-state index contributed by atoms with van der Waals surface area (Å²) in [6.07, 6.45) is 0. The van der Waals surface area contributed by atoms with Crippen LogP contribution in [0.15, 0.2) is 21.1 Å². The van der Waals surface area contributed by atoms with Gasteiger partial charge in [0.15, 0.2) is 0 Å². The van der Waals surface area contributed by atoms with Crippen LogP contribution < -0.4 is 10.2 Å². The SMILES string of the molecule is O=C([O-])C(Cl)=CCl.O=C([O-])C(Cl)=CCl.[Cd+2]. The zero-order chi connectivity index (χ0) is 11.7. The van der Waals surface area contributed by atoms with Gasteiger partial charge in [0.05, 0.1) is 22.0 Å². The van der Waals surface area contributed by atoms with Crippen LogP contribution in [-0.2, 0) is 36.9 Å². The molecule has 0 aromatic heterocycles. The fourth-order valence-corrected chi connectivity index (χ4v) is 0.267. The zero-order valence-corrected chi connectivity index (χ0v) is 14.1. The Kier molecular flexibility index (Phi) is 17.5. The van der Waals surface area contributed by atoms with Gasteiger partial charge in [-0.15, -0.1) is 0 Å². The standard InChI is InChI=1S/2C3H2Cl2O2.Cd/c2*4-1-2(5)3(6)7;/h2*1H,(H,6,7);/q;;+2/p-2. The van der Waals surface area contributed by atoms with E-state index in [4.69, 9.17) is 46.4 Å². The number of carbonyl (C=O) groups excluding carboxylic acids is 2. The molecule has 0 aromatic rings. The Hall–Kier alpha value is 0.502. The van der Waals surface area contributed by atoms with Gasteiger partial charge in [-0.05, 0) is 0 Å². The quantitative estimate of drug-likeness (QED) is 0.494. The molecule has 0 N–H and O–H groups in total. The van der Waals surface area contributed by atoms with E-state index in [1.807, 2.05) is 0 Å². The van der Waals surface area contributed by atoms with Crippen LogP contribution in [0, 0.1) is 0 Å². The Labute approximate surface area is 126 Å². The van der Waals surface area contributed by atoms with Crippen LogP contribution in [-0.4, -0.2) is 11.9 Å². The van der Waals surface area contributed by atoms with Gasteiger partial charge in [0, 0.05) is 11.1 Å². The van der Waals surface area contributed by atoms with Gasteiger partial charge >= 0.3 is 27.3 Å². The number of halogens is 4. The van der Waals surface area contributed by atoms with Crippen molar-refractivity contribution in [3.8, 4) is 0 Å². The number of hydrogen-bond donors (Lipinski definition) is 0. The molecule has 4 nitrogen and oxygen atoms in total. The number of carboxylic acid groups (broad SMARTS) is 2. The molecule has 0 aliphatic rings. The third-order valence-electron chi connectivity index (χ3n) is 0.582. The van der Waals surface area contributed by atoms with Gasteiger partial charge in [0.2, 0.25) is 0 Å². The number of rotatable bonds is 2. The van der Waals surface area contributed by atoms with Crippen molar-refractivity contribution in [3.05, 3.63) is 21.1 Å². The summed E-state index contributed by atoms with van der Waals surface area (Å²) in [5.41, 5.74) is 1.47. The van der Waals surface area contributed by atoms with Crippen molar-refractivity contribution in [3.63, 3.8) is 0 Å². The first-order valence-electron chi connectivity index (χ1n) is 2.71. The molecule has 80 valence electrons. The van der Waals surface area contributed by atoms with Crippen molar-refractivity contribution < 1.29 is 47.1 Å². The molecular weight excluding hydrogens is 390 g/mol.